The van der Waals surface area contributed by atoms with E-state index < -0.39 is 12.0 Å². The summed E-state index contributed by atoms with van der Waals surface area (Å²) in [6.07, 6.45) is 0.942. The number of carbonyl (C=O) groups is 1. The lowest BCUT2D eigenvalue weighted by molar-refractivity contribution is -0.0151. The van der Waals surface area contributed by atoms with Crippen LogP contribution < -0.4 is 5.32 Å². The van der Waals surface area contributed by atoms with Gasteiger partial charge in [-0.3, -0.25) is 14.6 Å². The summed E-state index contributed by atoms with van der Waals surface area (Å²) in [4.78, 5) is 20.9. The van der Waals surface area contributed by atoms with Crippen LogP contribution in [0.25, 0.3) is 0 Å². The normalized spacial score (nSPS) is 16.5. The minimum atomic E-state index is -0.494. The molecule has 0 aliphatic carbocycles. The monoisotopic (exact) mass is 434 g/mol. The van der Waals surface area contributed by atoms with Crippen molar-refractivity contribution in [2.24, 2.45) is 0 Å². The number of halogens is 1. The standard InChI is InChI=1S/C22H31FN4O4/c1-16(2)30-14-18(28)12-26-7-9-27(10-8-26)13-21-25-20(15-31-21)22(29)24-11-17-5-3-4-6-19(17)23/h3-6,15-16,18,28H,7-14H2,1-2H3,(H,24,29)/t18-/m1/s1. The number of hydrogen-bond acceptors (Lipinski definition) is 7. The Hall–Kier alpha value is -2.33. The van der Waals surface area contributed by atoms with Gasteiger partial charge in [-0.05, 0) is 19.9 Å². The van der Waals surface area contributed by atoms with Gasteiger partial charge in [0.05, 0.1) is 25.4 Å². The highest BCUT2D eigenvalue weighted by Crippen LogP contribution is 2.11. The topological polar surface area (TPSA) is 91.1 Å². The smallest absolute Gasteiger partial charge is 0.273 e. The van der Waals surface area contributed by atoms with Gasteiger partial charge in [0.15, 0.2) is 5.69 Å². The van der Waals surface area contributed by atoms with Crippen molar-refractivity contribution in [1.29, 1.82) is 0 Å². The molecule has 1 fully saturated rings. The van der Waals surface area contributed by atoms with E-state index in [1.54, 1.807) is 18.2 Å². The van der Waals surface area contributed by atoms with Crippen LogP contribution in [0.4, 0.5) is 4.39 Å². The summed E-state index contributed by atoms with van der Waals surface area (Å²) in [5.41, 5.74) is 0.594. The molecule has 0 spiro atoms. The molecule has 1 atom stereocenters. The Morgan fingerprint density at radius 1 is 1.26 bits per heavy atom. The fourth-order valence-corrected chi connectivity index (χ4v) is 3.37. The van der Waals surface area contributed by atoms with Crippen molar-refractivity contribution < 1.29 is 23.4 Å². The average molecular weight is 435 g/mol. The van der Waals surface area contributed by atoms with Crippen LogP contribution in [0.5, 0.6) is 0 Å². The molecule has 1 aromatic heterocycles. The second-order valence-electron chi connectivity index (χ2n) is 8.01. The molecule has 1 amide bonds. The van der Waals surface area contributed by atoms with Gasteiger partial charge in [0.2, 0.25) is 5.89 Å². The van der Waals surface area contributed by atoms with Crippen LogP contribution in [0.1, 0.15) is 35.8 Å². The van der Waals surface area contributed by atoms with Crippen molar-refractivity contribution in [2.75, 3.05) is 39.3 Å². The third-order valence-corrected chi connectivity index (χ3v) is 5.10. The summed E-state index contributed by atoms with van der Waals surface area (Å²) in [5.74, 6) is -0.293. The SMILES string of the molecule is CC(C)OC[C@H](O)CN1CCN(Cc2nc(C(=O)NCc3ccccc3F)co2)CC1. The Bertz CT molecular complexity index is 836. The lowest BCUT2D eigenvalue weighted by Gasteiger charge is -2.35. The molecule has 9 heteroatoms. The molecule has 2 aromatic rings. The summed E-state index contributed by atoms with van der Waals surface area (Å²) in [5, 5.41) is 12.7. The average Bonchev–Trinajstić information content (AvgIpc) is 3.21. The van der Waals surface area contributed by atoms with Crippen LogP contribution in [0, 0.1) is 5.82 Å². The van der Waals surface area contributed by atoms with Gasteiger partial charge in [-0.2, -0.15) is 0 Å². The molecule has 1 aromatic carbocycles. The number of ether oxygens (including phenoxy) is 1. The zero-order valence-corrected chi connectivity index (χ0v) is 18.1. The van der Waals surface area contributed by atoms with Gasteiger partial charge in [-0.15, -0.1) is 0 Å². The van der Waals surface area contributed by atoms with E-state index in [0.29, 0.717) is 31.2 Å². The molecule has 2 N–H and O–H groups in total. The number of aliphatic hydroxyl groups is 1. The minimum Gasteiger partial charge on any atom is -0.447 e. The summed E-state index contributed by atoms with van der Waals surface area (Å²) < 4.78 is 24.6. The molecule has 0 bridgehead atoms. The van der Waals surface area contributed by atoms with Crippen LogP contribution in [-0.2, 0) is 17.8 Å². The number of rotatable bonds is 10. The highest BCUT2D eigenvalue weighted by Gasteiger charge is 2.21. The van der Waals surface area contributed by atoms with E-state index in [0.717, 1.165) is 26.2 Å². The number of nitrogens with zero attached hydrogens (tertiary/aromatic N) is 3. The van der Waals surface area contributed by atoms with E-state index in [1.807, 2.05) is 13.8 Å². The molecule has 31 heavy (non-hydrogen) atoms. The van der Waals surface area contributed by atoms with Gasteiger partial charge in [-0.1, -0.05) is 18.2 Å². The second-order valence-corrected chi connectivity index (χ2v) is 8.01. The molecular formula is C22H31FN4O4. The van der Waals surface area contributed by atoms with E-state index in [-0.39, 0.29) is 24.2 Å². The lowest BCUT2D eigenvalue weighted by Crippen LogP contribution is -2.48. The number of carbonyl (C=O) groups excluding carboxylic acids is 1. The predicted octanol–water partition coefficient (Wildman–Crippen LogP) is 1.65. The number of benzene rings is 1. The summed E-state index contributed by atoms with van der Waals surface area (Å²) in [6, 6.07) is 6.31. The summed E-state index contributed by atoms with van der Waals surface area (Å²) in [6.45, 7) is 8.71. The van der Waals surface area contributed by atoms with Crippen LogP contribution in [0.2, 0.25) is 0 Å². The van der Waals surface area contributed by atoms with Gasteiger partial charge >= 0.3 is 0 Å². The van der Waals surface area contributed by atoms with Crippen LogP contribution >= 0.6 is 0 Å². The predicted molar refractivity (Wildman–Crippen MR) is 113 cm³/mol. The number of β-amino-alcohol motifs (C(OH)–C–C–N with tert-alkyl or cyclic N) is 1. The quantitative estimate of drug-likeness (QED) is 0.588. The van der Waals surface area contributed by atoms with Gasteiger partial charge < -0.3 is 19.6 Å². The molecular weight excluding hydrogens is 403 g/mol. The molecule has 170 valence electrons. The molecule has 0 unspecified atom stereocenters. The molecule has 1 aliphatic rings. The van der Waals surface area contributed by atoms with Crippen molar-refractivity contribution in [3.63, 3.8) is 0 Å². The first-order chi connectivity index (χ1) is 14.9. The van der Waals surface area contributed by atoms with Gasteiger partial charge in [0, 0.05) is 44.8 Å². The van der Waals surface area contributed by atoms with Crippen molar-refractivity contribution in [2.45, 2.75) is 39.1 Å². The maximum Gasteiger partial charge on any atom is 0.273 e. The Kier molecular flexibility index (Phi) is 8.53. The fraction of sp³-hybridized carbons (Fsp3) is 0.545. The lowest BCUT2D eigenvalue weighted by atomic mass is 10.2. The Labute approximate surface area is 182 Å². The van der Waals surface area contributed by atoms with Crippen molar-refractivity contribution >= 4 is 5.91 Å². The second kappa shape index (κ2) is 11.3. The first-order valence-corrected chi connectivity index (χ1v) is 10.6. The zero-order valence-electron chi connectivity index (χ0n) is 18.1. The third kappa shape index (κ3) is 7.39. The number of amides is 1. The number of aromatic nitrogens is 1. The van der Waals surface area contributed by atoms with Crippen molar-refractivity contribution in [3.8, 4) is 0 Å². The van der Waals surface area contributed by atoms with E-state index in [1.165, 1.54) is 12.3 Å². The van der Waals surface area contributed by atoms with Crippen LogP contribution in [-0.4, -0.2) is 77.3 Å². The van der Waals surface area contributed by atoms with E-state index in [4.69, 9.17) is 9.15 Å². The Morgan fingerprint density at radius 2 is 1.97 bits per heavy atom. The molecule has 0 radical (unpaired) electrons. The van der Waals surface area contributed by atoms with Crippen molar-refractivity contribution in [1.82, 2.24) is 20.1 Å². The largest absolute Gasteiger partial charge is 0.447 e. The summed E-state index contributed by atoms with van der Waals surface area (Å²) in [7, 11) is 0. The maximum atomic E-state index is 13.7. The molecule has 2 heterocycles. The third-order valence-electron chi connectivity index (χ3n) is 5.10. The number of aliphatic hydroxyl groups excluding tert-OH is 1. The molecule has 3 rings (SSSR count). The van der Waals surface area contributed by atoms with E-state index >= 15 is 0 Å². The molecule has 0 saturated carbocycles. The molecule has 1 aliphatic heterocycles. The van der Waals surface area contributed by atoms with Crippen LogP contribution in [0.15, 0.2) is 34.9 Å². The van der Waals surface area contributed by atoms with Crippen molar-refractivity contribution in [3.05, 3.63) is 53.5 Å². The first kappa shape index (κ1) is 23.3. The van der Waals surface area contributed by atoms with E-state index in [2.05, 4.69) is 20.1 Å². The maximum absolute atomic E-state index is 13.7. The highest BCUT2D eigenvalue weighted by molar-refractivity contribution is 5.91. The Morgan fingerprint density at radius 3 is 2.68 bits per heavy atom. The fourth-order valence-electron chi connectivity index (χ4n) is 3.37. The summed E-state index contributed by atoms with van der Waals surface area (Å²) >= 11 is 0. The number of hydrogen-bond donors (Lipinski definition) is 2. The number of oxazole rings is 1. The Balaban J connectivity index is 1.40. The van der Waals surface area contributed by atoms with Crippen LogP contribution in [0.3, 0.4) is 0 Å². The minimum absolute atomic E-state index is 0.0870. The zero-order chi connectivity index (χ0) is 22.2. The number of nitrogens with one attached hydrogen (secondary N) is 1. The highest BCUT2D eigenvalue weighted by atomic mass is 19.1. The van der Waals surface area contributed by atoms with Gasteiger partial charge in [-0.25, -0.2) is 9.37 Å². The first-order valence-electron chi connectivity index (χ1n) is 10.6. The molecule has 8 nitrogen and oxygen atoms in total. The van der Waals surface area contributed by atoms with Gasteiger partial charge in [0.1, 0.15) is 12.1 Å². The number of piperazine rings is 1. The molecule has 1 saturated heterocycles. The van der Waals surface area contributed by atoms with Gasteiger partial charge in [0.25, 0.3) is 5.91 Å². The van der Waals surface area contributed by atoms with E-state index in [9.17, 15) is 14.3 Å².